The summed E-state index contributed by atoms with van der Waals surface area (Å²) in [5, 5.41) is 9.48. The van der Waals surface area contributed by atoms with E-state index in [1.54, 1.807) is 32.2 Å². The highest BCUT2D eigenvalue weighted by molar-refractivity contribution is 7.93. The first-order valence-electron chi connectivity index (χ1n) is 14.5. The van der Waals surface area contributed by atoms with Crippen molar-refractivity contribution in [3.05, 3.63) is 41.2 Å². The number of nitrogens with one attached hydrogen (secondary N) is 3. The Balaban J connectivity index is 1.48. The lowest BCUT2D eigenvalue weighted by Crippen LogP contribution is -2.41. The third-order valence-electron chi connectivity index (χ3n) is 7.43. The second-order valence-corrected chi connectivity index (χ2v) is 14.4. The fourth-order valence-electron chi connectivity index (χ4n) is 4.25. The Hall–Kier alpha value is -3.07. The first-order chi connectivity index (χ1) is 20.0. The number of amides is 1. The van der Waals surface area contributed by atoms with Crippen LogP contribution in [0.15, 0.2) is 30.6 Å². The molecule has 2 saturated carbocycles. The fourth-order valence-corrected chi connectivity index (χ4v) is 5.40. The van der Waals surface area contributed by atoms with E-state index in [0.29, 0.717) is 66.0 Å². The number of rotatable bonds is 15. The summed E-state index contributed by atoms with van der Waals surface area (Å²) in [6, 6.07) is 4.47. The average Bonchev–Trinajstić information content (AvgIpc) is 3.89. The van der Waals surface area contributed by atoms with Crippen LogP contribution in [0.5, 0.6) is 5.75 Å². The van der Waals surface area contributed by atoms with Gasteiger partial charge in [0.2, 0.25) is 10.0 Å². The van der Waals surface area contributed by atoms with Gasteiger partial charge in [0.25, 0.3) is 5.91 Å². The molecular weight excluding hydrogens is 576 g/mol. The van der Waals surface area contributed by atoms with Crippen LogP contribution in [-0.4, -0.2) is 68.9 Å². The maximum absolute atomic E-state index is 13.6. The molecule has 0 saturated heterocycles. The molecule has 12 heteroatoms. The monoisotopic (exact) mass is 616 g/mol. The molecule has 228 valence electrons. The lowest BCUT2D eigenvalue weighted by Gasteiger charge is -2.23. The summed E-state index contributed by atoms with van der Waals surface area (Å²) in [5.41, 5.74) is 0.301. The molecule has 0 aliphatic heterocycles. The number of carbonyl (C=O) groups excluding carboxylic acids is 1. The van der Waals surface area contributed by atoms with E-state index in [0.717, 1.165) is 10.7 Å². The number of nitrogens with zero attached hydrogens (tertiary/aromatic N) is 3. The molecule has 0 bridgehead atoms. The number of ether oxygens (including phenoxy) is 1. The van der Waals surface area contributed by atoms with Gasteiger partial charge in [-0.05, 0) is 70.0 Å². The molecule has 1 amide bonds. The molecule has 2 aliphatic rings. The predicted molar refractivity (Wildman–Crippen MR) is 166 cm³/mol. The fraction of sp³-hybridized carbons (Fsp3) is 0.567. The van der Waals surface area contributed by atoms with Crippen LogP contribution in [0, 0.1) is 29.6 Å². The summed E-state index contributed by atoms with van der Waals surface area (Å²) in [6.45, 7) is 7.50. The van der Waals surface area contributed by atoms with Crippen molar-refractivity contribution in [2.45, 2.75) is 57.7 Å². The minimum atomic E-state index is -3.65. The molecule has 2 aliphatic carbocycles. The summed E-state index contributed by atoms with van der Waals surface area (Å²) in [5.74, 6) is 8.87. The maximum atomic E-state index is 13.6. The number of hydrogen-bond acceptors (Lipinski definition) is 8. The number of anilines is 2. The summed E-state index contributed by atoms with van der Waals surface area (Å²) >= 11 is 6.05. The van der Waals surface area contributed by atoms with Crippen LogP contribution in [0.3, 0.4) is 0 Å². The molecule has 2 aromatic heterocycles. The molecule has 4 rings (SSSR count). The molecule has 2 fully saturated rings. The van der Waals surface area contributed by atoms with Gasteiger partial charge < -0.3 is 20.7 Å². The Morgan fingerprint density at radius 1 is 1.24 bits per heavy atom. The molecule has 3 unspecified atom stereocenters. The molecule has 10 nitrogen and oxygen atoms in total. The van der Waals surface area contributed by atoms with Crippen LogP contribution in [0.25, 0.3) is 0 Å². The van der Waals surface area contributed by atoms with E-state index in [1.807, 2.05) is 0 Å². The summed E-state index contributed by atoms with van der Waals surface area (Å²) in [4.78, 5) is 22.2. The largest absolute Gasteiger partial charge is 0.490 e. The van der Waals surface area contributed by atoms with Crippen molar-refractivity contribution in [2.24, 2.45) is 17.8 Å². The van der Waals surface area contributed by atoms with Gasteiger partial charge in [-0.15, -0.1) is 0 Å². The van der Waals surface area contributed by atoms with Crippen LogP contribution < -0.4 is 25.0 Å². The van der Waals surface area contributed by atoms with E-state index in [9.17, 15) is 13.2 Å². The van der Waals surface area contributed by atoms with Crippen molar-refractivity contribution < 1.29 is 17.9 Å². The van der Waals surface area contributed by atoms with Crippen molar-refractivity contribution in [2.75, 3.05) is 42.9 Å². The molecule has 3 N–H and O–H groups in total. The molecule has 0 radical (unpaired) electrons. The summed E-state index contributed by atoms with van der Waals surface area (Å²) in [6.07, 6.45) is 7.16. The first-order valence-corrected chi connectivity index (χ1v) is 16.4. The molecule has 2 aromatic rings. The Kier molecular flexibility index (Phi) is 10.9. The van der Waals surface area contributed by atoms with Gasteiger partial charge in [0.15, 0.2) is 0 Å². The van der Waals surface area contributed by atoms with Crippen LogP contribution >= 0.6 is 11.6 Å². The van der Waals surface area contributed by atoms with Crippen LogP contribution in [0.1, 0.15) is 56.8 Å². The van der Waals surface area contributed by atoms with Gasteiger partial charge in [-0.25, -0.2) is 13.4 Å². The predicted octanol–water partition coefficient (Wildman–Crippen LogP) is 3.94. The van der Waals surface area contributed by atoms with Gasteiger partial charge in [-0.1, -0.05) is 30.4 Å². The Labute approximate surface area is 254 Å². The van der Waals surface area contributed by atoms with E-state index in [4.69, 9.17) is 16.3 Å². The summed E-state index contributed by atoms with van der Waals surface area (Å²) in [7, 11) is -2.19. The van der Waals surface area contributed by atoms with Gasteiger partial charge in [-0.3, -0.25) is 14.1 Å². The summed E-state index contributed by atoms with van der Waals surface area (Å²) < 4.78 is 32.9. The standard InChI is InChI=1S/C30H41ClN6O4S/c1-20(2)42(39,40)37(4)29-14-23(13-28(36-29)34-16-24-12-21(24)3)30(38)35-26(9-11-32-10-5-6-22-7-8-22)19-41-27-15-25(31)17-33-18-27/h13-15,17-18,20-22,24,26,32H,7-12,16,19H2,1-4H3,(H,34,36)(H,35,38). The molecule has 0 spiro atoms. The molecular formula is C30H41ClN6O4S. The van der Waals surface area contributed by atoms with Crippen molar-refractivity contribution in [1.29, 1.82) is 0 Å². The van der Waals surface area contributed by atoms with Gasteiger partial charge in [0, 0.05) is 37.3 Å². The minimum absolute atomic E-state index is 0.177. The van der Waals surface area contributed by atoms with E-state index in [2.05, 4.69) is 44.7 Å². The zero-order chi connectivity index (χ0) is 30.3. The number of aromatic nitrogens is 2. The van der Waals surface area contributed by atoms with E-state index < -0.39 is 15.3 Å². The highest BCUT2D eigenvalue weighted by Gasteiger charge is 2.32. The molecule has 0 aromatic carbocycles. The Morgan fingerprint density at radius 3 is 2.67 bits per heavy atom. The van der Waals surface area contributed by atoms with Crippen molar-refractivity contribution >= 4 is 39.2 Å². The maximum Gasteiger partial charge on any atom is 0.251 e. The highest BCUT2D eigenvalue weighted by atomic mass is 35.5. The molecule has 2 heterocycles. The van der Waals surface area contributed by atoms with E-state index in [1.165, 1.54) is 32.2 Å². The third-order valence-corrected chi connectivity index (χ3v) is 9.78. The van der Waals surface area contributed by atoms with Gasteiger partial charge >= 0.3 is 0 Å². The number of pyridine rings is 2. The lowest BCUT2D eigenvalue weighted by molar-refractivity contribution is 0.0918. The van der Waals surface area contributed by atoms with E-state index in [-0.39, 0.29) is 24.4 Å². The number of hydrogen-bond donors (Lipinski definition) is 3. The van der Waals surface area contributed by atoms with Gasteiger partial charge in [-0.2, -0.15) is 0 Å². The quantitative estimate of drug-likeness (QED) is 0.203. The Bertz CT molecular complexity index is 1410. The zero-order valence-corrected chi connectivity index (χ0v) is 26.3. The van der Waals surface area contributed by atoms with E-state index >= 15 is 0 Å². The number of carbonyl (C=O) groups is 1. The Morgan fingerprint density at radius 2 is 2.00 bits per heavy atom. The van der Waals surface area contributed by atoms with Crippen LogP contribution in [0.4, 0.5) is 11.6 Å². The zero-order valence-electron chi connectivity index (χ0n) is 24.7. The van der Waals surface area contributed by atoms with Gasteiger partial charge in [0.1, 0.15) is 24.0 Å². The minimum Gasteiger partial charge on any atom is -0.490 e. The number of sulfonamides is 1. The molecule has 42 heavy (non-hydrogen) atoms. The third kappa shape index (κ3) is 9.48. The SMILES string of the molecule is CC1CC1CNc1cc(C(=O)NC(CCNCC#CC2CC2)COc2cncc(Cl)c2)cc(N(C)S(=O)(=O)C(C)C)n1. The normalized spacial score (nSPS) is 18.5. The highest BCUT2D eigenvalue weighted by Crippen LogP contribution is 2.37. The lowest BCUT2D eigenvalue weighted by atomic mass is 10.1. The van der Waals surface area contributed by atoms with Crippen LogP contribution in [0.2, 0.25) is 5.02 Å². The second-order valence-electron chi connectivity index (χ2n) is 11.4. The topological polar surface area (TPSA) is 126 Å². The number of halogens is 1. The average molecular weight is 617 g/mol. The first kappa shape index (κ1) is 31.9. The van der Waals surface area contributed by atoms with Crippen LogP contribution in [-0.2, 0) is 10.0 Å². The van der Waals surface area contributed by atoms with Crippen molar-refractivity contribution in [3.63, 3.8) is 0 Å². The smallest absolute Gasteiger partial charge is 0.251 e. The van der Waals surface area contributed by atoms with Crippen molar-refractivity contribution in [3.8, 4) is 17.6 Å². The molecule has 3 atom stereocenters. The second kappa shape index (κ2) is 14.4. The van der Waals surface area contributed by atoms with Gasteiger partial charge in [0.05, 0.1) is 29.1 Å². The van der Waals surface area contributed by atoms with Crippen molar-refractivity contribution in [1.82, 2.24) is 20.6 Å².